The number of nitrogens with zero attached hydrogens (tertiary/aromatic N) is 3. The first-order chi connectivity index (χ1) is 14.9. The first-order valence-electron chi connectivity index (χ1n) is 10.1. The second-order valence-electron chi connectivity index (χ2n) is 7.43. The van der Waals surface area contributed by atoms with Gasteiger partial charge in [0.2, 0.25) is 0 Å². The van der Waals surface area contributed by atoms with Crippen LogP contribution in [-0.2, 0) is 29.3 Å². The molecule has 0 aliphatic heterocycles. The normalized spacial score (nSPS) is 11.7. The maximum absolute atomic E-state index is 11.8. The highest BCUT2D eigenvalue weighted by Crippen LogP contribution is 2.16. The molecule has 0 unspecified atom stereocenters. The quantitative estimate of drug-likeness (QED) is 0.248. The average Bonchev–Trinajstić information content (AvgIpc) is 3.17. The number of aliphatic imine (C=N–C) groups is 1. The molecule has 0 atom stereocenters. The van der Waals surface area contributed by atoms with Gasteiger partial charge in [0.05, 0.1) is 4.90 Å². The van der Waals surface area contributed by atoms with Crippen LogP contribution in [0.2, 0.25) is 0 Å². The number of guanidine groups is 1. The van der Waals surface area contributed by atoms with E-state index in [1.165, 1.54) is 11.8 Å². The van der Waals surface area contributed by atoms with Gasteiger partial charge in [-0.15, -0.1) is 24.0 Å². The van der Waals surface area contributed by atoms with Gasteiger partial charge in [0.1, 0.15) is 5.82 Å². The van der Waals surface area contributed by atoms with Crippen molar-refractivity contribution >= 4 is 39.8 Å². The number of imidazole rings is 1. The van der Waals surface area contributed by atoms with Crippen molar-refractivity contribution in [1.29, 1.82) is 0 Å². The molecule has 1 aromatic heterocycles. The third kappa shape index (κ3) is 7.33. The summed E-state index contributed by atoms with van der Waals surface area (Å²) in [7, 11) is -1.48. The molecule has 0 saturated heterocycles. The fourth-order valence-corrected chi connectivity index (χ4v) is 4.39. The van der Waals surface area contributed by atoms with Crippen LogP contribution in [0.25, 0.3) is 0 Å². The van der Waals surface area contributed by atoms with Crippen molar-refractivity contribution in [3.8, 4) is 0 Å². The van der Waals surface area contributed by atoms with Crippen LogP contribution in [0.15, 0.2) is 70.8 Å². The molecule has 2 N–H and O–H groups in total. The lowest BCUT2D eigenvalue weighted by Crippen LogP contribution is -2.38. The van der Waals surface area contributed by atoms with E-state index in [0.29, 0.717) is 23.9 Å². The molecule has 0 spiro atoms. The molecule has 0 radical (unpaired) electrons. The topological polar surface area (TPSA) is 88.4 Å². The maximum Gasteiger partial charge on any atom is 0.191 e. The molecule has 3 aromatic rings. The molecule has 7 nitrogen and oxygen atoms in total. The zero-order valence-corrected chi connectivity index (χ0v) is 21.7. The van der Waals surface area contributed by atoms with Gasteiger partial charge in [0.25, 0.3) is 0 Å². The minimum absolute atomic E-state index is 0. The maximum atomic E-state index is 11.8. The minimum Gasteiger partial charge on any atom is -0.356 e. The number of rotatable bonds is 8. The Balaban J connectivity index is 0.00000363. The van der Waals surface area contributed by atoms with Crippen LogP contribution in [0.4, 0.5) is 0 Å². The number of aryl methyl sites for hydroxylation is 1. The van der Waals surface area contributed by atoms with Crippen LogP contribution in [0.5, 0.6) is 0 Å². The Kier molecular flexibility index (Phi) is 9.70. The Labute approximate surface area is 207 Å². The molecule has 0 aliphatic rings. The molecule has 0 saturated carbocycles. The molecule has 9 heteroatoms. The first kappa shape index (κ1) is 25.9. The molecule has 1 heterocycles. The van der Waals surface area contributed by atoms with Gasteiger partial charge in [-0.05, 0) is 29.7 Å². The number of nitrogens with one attached hydrogen (secondary N) is 2. The molecule has 0 fully saturated rings. The molecule has 0 bridgehead atoms. The summed E-state index contributed by atoms with van der Waals surface area (Å²) in [4.78, 5) is 9.11. The molecule has 32 heavy (non-hydrogen) atoms. The molecule has 172 valence electrons. The highest BCUT2D eigenvalue weighted by Gasteiger charge is 2.11. The summed E-state index contributed by atoms with van der Waals surface area (Å²) in [6, 6.07) is 15.7. The number of hydrogen-bond donors (Lipinski definition) is 2. The van der Waals surface area contributed by atoms with Crippen molar-refractivity contribution in [2.24, 2.45) is 4.99 Å². The summed E-state index contributed by atoms with van der Waals surface area (Å²) in [5.41, 5.74) is 2.98. The monoisotopic (exact) mass is 567 g/mol. The van der Waals surface area contributed by atoms with Crippen molar-refractivity contribution in [3.63, 3.8) is 0 Å². The van der Waals surface area contributed by atoms with E-state index in [-0.39, 0.29) is 24.0 Å². The largest absolute Gasteiger partial charge is 0.356 e. The van der Waals surface area contributed by atoms with E-state index >= 15 is 0 Å². The van der Waals surface area contributed by atoms with E-state index in [1.807, 2.05) is 49.6 Å². The highest BCUT2D eigenvalue weighted by molar-refractivity contribution is 14.0. The summed E-state index contributed by atoms with van der Waals surface area (Å²) >= 11 is 0. The Morgan fingerprint density at radius 1 is 1.09 bits per heavy atom. The second kappa shape index (κ2) is 12.0. The van der Waals surface area contributed by atoms with E-state index in [1.54, 1.807) is 13.1 Å². The van der Waals surface area contributed by atoms with Crippen LogP contribution in [0.3, 0.4) is 0 Å². The third-order valence-electron chi connectivity index (χ3n) is 4.96. The van der Waals surface area contributed by atoms with Gasteiger partial charge in [-0.3, -0.25) is 4.99 Å². The average molecular weight is 567 g/mol. The van der Waals surface area contributed by atoms with E-state index in [9.17, 15) is 8.42 Å². The van der Waals surface area contributed by atoms with E-state index in [2.05, 4.69) is 37.3 Å². The van der Waals surface area contributed by atoms with Crippen LogP contribution >= 0.6 is 24.0 Å². The summed E-state index contributed by atoms with van der Waals surface area (Å²) < 4.78 is 25.7. The van der Waals surface area contributed by atoms with Crippen LogP contribution in [-0.4, -0.2) is 43.8 Å². The molecule has 3 rings (SSSR count). The van der Waals surface area contributed by atoms with Gasteiger partial charge in [-0.25, -0.2) is 13.4 Å². The Morgan fingerprint density at radius 2 is 1.84 bits per heavy atom. The Morgan fingerprint density at radius 3 is 2.50 bits per heavy atom. The van der Waals surface area contributed by atoms with E-state index in [4.69, 9.17) is 0 Å². The first-order valence-corrected chi connectivity index (χ1v) is 12.0. The predicted octanol–water partition coefficient (Wildman–Crippen LogP) is 3.17. The van der Waals surface area contributed by atoms with Crippen LogP contribution in [0, 0.1) is 6.92 Å². The lowest BCUT2D eigenvalue weighted by molar-refractivity contribution is 0.601. The van der Waals surface area contributed by atoms with Gasteiger partial charge >= 0.3 is 0 Å². The van der Waals surface area contributed by atoms with Crippen molar-refractivity contribution in [3.05, 3.63) is 83.4 Å². The predicted molar refractivity (Wildman–Crippen MR) is 139 cm³/mol. The number of sulfone groups is 1. The van der Waals surface area contributed by atoms with Crippen molar-refractivity contribution in [2.75, 3.05) is 19.8 Å². The van der Waals surface area contributed by atoms with Crippen molar-refractivity contribution < 1.29 is 8.42 Å². The standard InChI is InChI=1S/C23H29N5O2S.HI/c1-18-15-20(9-10-21(18)31(3,29)30)16-27-23(24-2)26-12-11-22-25-13-14-28(22)17-19-7-5-4-6-8-19;/h4-10,13-15H,11-12,16-17H2,1-3H3,(H2,24,26,27);1H. The van der Waals surface area contributed by atoms with Gasteiger partial charge in [-0.2, -0.15) is 0 Å². The minimum atomic E-state index is -3.21. The molecule has 0 amide bonds. The van der Waals surface area contributed by atoms with Gasteiger partial charge in [-0.1, -0.05) is 42.5 Å². The van der Waals surface area contributed by atoms with E-state index in [0.717, 1.165) is 29.9 Å². The van der Waals surface area contributed by atoms with E-state index < -0.39 is 9.84 Å². The summed E-state index contributed by atoms with van der Waals surface area (Å²) in [5, 5.41) is 6.58. The lowest BCUT2D eigenvalue weighted by Gasteiger charge is -2.13. The summed E-state index contributed by atoms with van der Waals surface area (Å²) in [5.74, 6) is 1.70. The highest BCUT2D eigenvalue weighted by atomic mass is 127. The molecule has 2 aromatic carbocycles. The number of benzene rings is 2. The molecular weight excluding hydrogens is 537 g/mol. The molecule has 0 aliphatic carbocycles. The smallest absolute Gasteiger partial charge is 0.191 e. The lowest BCUT2D eigenvalue weighted by atomic mass is 10.1. The number of aromatic nitrogens is 2. The summed E-state index contributed by atoms with van der Waals surface area (Å²) in [6.07, 6.45) is 5.82. The number of hydrogen-bond acceptors (Lipinski definition) is 4. The Bertz CT molecular complexity index is 1140. The SMILES string of the molecule is CN=C(NCCc1nccn1Cc1ccccc1)NCc1ccc(S(C)(=O)=O)c(C)c1.I. The third-order valence-corrected chi connectivity index (χ3v) is 6.22. The van der Waals surface area contributed by atoms with Gasteiger partial charge < -0.3 is 15.2 Å². The Hall–Kier alpha value is -2.40. The van der Waals surface area contributed by atoms with Crippen LogP contribution in [0.1, 0.15) is 22.5 Å². The van der Waals surface area contributed by atoms with Crippen molar-refractivity contribution in [1.82, 2.24) is 20.2 Å². The second-order valence-corrected chi connectivity index (χ2v) is 9.42. The van der Waals surface area contributed by atoms with Crippen LogP contribution < -0.4 is 10.6 Å². The zero-order chi connectivity index (χ0) is 22.3. The van der Waals surface area contributed by atoms with Gasteiger partial charge in [0.15, 0.2) is 15.8 Å². The fourth-order valence-electron chi connectivity index (χ4n) is 3.43. The molecular formula is C23H30IN5O2S. The fraction of sp³-hybridized carbons (Fsp3) is 0.304. The summed E-state index contributed by atoms with van der Waals surface area (Å²) in [6.45, 7) is 3.85. The van der Waals surface area contributed by atoms with Crippen molar-refractivity contribution in [2.45, 2.75) is 31.3 Å². The number of halogens is 1. The zero-order valence-electron chi connectivity index (χ0n) is 18.6. The van der Waals surface area contributed by atoms with Gasteiger partial charge in [0, 0.05) is 51.8 Å².